The van der Waals surface area contributed by atoms with Crippen molar-refractivity contribution < 1.29 is 26.7 Å². The van der Waals surface area contributed by atoms with E-state index in [9.17, 15) is 22.0 Å². The van der Waals surface area contributed by atoms with Crippen molar-refractivity contribution in [2.45, 2.75) is 31.9 Å². The predicted molar refractivity (Wildman–Crippen MR) is 107 cm³/mol. The van der Waals surface area contributed by atoms with E-state index in [1.807, 2.05) is 0 Å². The number of nitrogens with one attached hydrogen (secondary N) is 1. The van der Waals surface area contributed by atoms with Gasteiger partial charge in [-0.2, -0.15) is 19.0 Å². The van der Waals surface area contributed by atoms with Gasteiger partial charge >= 0.3 is 6.55 Å². The van der Waals surface area contributed by atoms with Crippen LogP contribution in [-0.4, -0.2) is 51.9 Å². The van der Waals surface area contributed by atoms with Crippen LogP contribution in [0.15, 0.2) is 41.8 Å². The van der Waals surface area contributed by atoms with Gasteiger partial charge in [-0.1, -0.05) is 0 Å². The number of anilines is 1. The molecule has 0 amide bonds. The van der Waals surface area contributed by atoms with E-state index in [2.05, 4.69) is 20.5 Å². The van der Waals surface area contributed by atoms with Crippen LogP contribution in [-0.2, 0) is 0 Å². The average molecular weight is 454 g/mol. The fourth-order valence-electron chi connectivity index (χ4n) is 3.44. The fourth-order valence-corrected chi connectivity index (χ4v) is 3.44. The van der Waals surface area contributed by atoms with Crippen LogP contribution in [0.4, 0.5) is 27.8 Å². The minimum atomic E-state index is -2.70. The topological polar surface area (TPSA) is 67.0 Å². The number of hydrazone groups is 1. The lowest BCUT2D eigenvalue weighted by atomic mass is 10.0. The fraction of sp³-hybridized carbons (Fsp3) is 0.350. The maximum atomic E-state index is 13.8. The summed E-state index contributed by atoms with van der Waals surface area (Å²) >= 11 is 0. The second-order valence-electron chi connectivity index (χ2n) is 7.20. The van der Waals surface area contributed by atoms with E-state index < -0.39 is 37.4 Å². The van der Waals surface area contributed by atoms with Crippen molar-refractivity contribution >= 4 is 17.7 Å². The zero-order valence-corrected chi connectivity index (χ0v) is 16.8. The third-order valence-electron chi connectivity index (χ3n) is 4.97. The van der Waals surface area contributed by atoms with E-state index in [0.29, 0.717) is 27.6 Å². The molecule has 0 saturated carbocycles. The van der Waals surface area contributed by atoms with Gasteiger partial charge in [0.1, 0.15) is 24.0 Å². The predicted octanol–water partition coefficient (Wildman–Crippen LogP) is 4.29. The van der Waals surface area contributed by atoms with E-state index in [1.54, 1.807) is 25.4 Å². The largest absolute Gasteiger partial charge is 0.487 e. The van der Waals surface area contributed by atoms with Crippen molar-refractivity contribution in [1.29, 1.82) is 0 Å². The molecule has 0 radical (unpaired) electrons. The Balaban J connectivity index is 1.56. The number of ether oxygens (including phenoxy) is 1. The number of benzene rings is 1. The lowest BCUT2D eigenvalue weighted by molar-refractivity contribution is -0.0195. The summed E-state index contributed by atoms with van der Waals surface area (Å²) in [5.74, 6) is -0.411. The summed E-state index contributed by atoms with van der Waals surface area (Å²) in [6.07, 6.45) is 1.94. The number of nitrogens with zero attached hydrogens (tertiary/aromatic N) is 5. The Morgan fingerprint density at radius 1 is 1.22 bits per heavy atom. The number of alkyl halides is 4. The zero-order chi connectivity index (χ0) is 22.8. The minimum absolute atomic E-state index is 0.00286. The van der Waals surface area contributed by atoms with Gasteiger partial charge in [0.2, 0.25) is 0 Å². The second kappa shape index (κ2) is 8.97. The molecular formula is C20H19F5N6O. The molecule has 0 fully saturated rings. The standard InChI is InChI=1S/C20H19F5N6O/c1-11(14-6-13(21)2-3-16(14)32-10-17(22)23)28-18-4-5-30-19(29-18)15(8-27-30)12-7-26-31(9-12)20(24)25/h2-8,11-12,17,20H,9-10H2,1H3,(H,28,29). The normalized spacial score (nSPS) is 17.0. The molecule has 2 aromatic heterocycles. The number of hydrogen-bond donors (Lipinski definition) is 1. The quantitative estimate of drug-likeness (QED) is 0.406. The molecule has 32 heavy (non-hydrogen) atoms. The highest BCUT2D eigenvalue weighted by atomic mass is 19.3. The first-order valence-electron chi connectivity index (χ1n) is 9.72. The van der Waals surface area contributed by atoms with Crippen LogP contribution in [0.2, 0.25) is 0 Å². The molecule has 0 saturated heterocycles. The summed E-state index contributed by atoms with van der Waals surface area (Å²) in [5.41, 5.74) is 1.42. The van der Waals surface area contributed by atoms with Crippen molar-refractivity contribution in [3.8, 4) is 5.75 Å². The highest BCUT2D eigenvalue weighted by Gasteiger charge is 2.27. The third kappa shape index (κ3) is 4.58. The molecule has 0 aliphatic carbocycles. The van der Waals surface area contributed by atoms with Crippen LogP contribution in [0.1, 0.15) is 30.0 Å². The van der Waals surface area contributed by atoms with Gasteiger partial charge in [-0.25, -0.2) is 27.7 Å². The lowest BCUT2D eigenvalue weighted by Gasteiger charge is -2.19. The zero-order valence-electron chi connectivity index (χ0n) is 16.8. The monoisotopic (exact) mass is 454 g/mol. The van der Waals surface area contributed by atoms with Gasteiger partial charge in [0.05, 0.1) is 18.8 Å². The second-order valence-corrected chi connectivity index (χ2v) is 7.20. The molecule has 1 aromatic carbocycles. The average Bonchev–Trinajstić information content (AvgIpc) is 3.39. The van der Waals surface area contributed by atoms with Gasteiger partial charge in [0.25, 0.3) is 6.43 Å². The molecule has 1 N–H and O–H groups in total. The van der Waals surface area contributed by atoms with Crippen LogP contribution >= 0.6 is 0 Å². The van der Waals surface area contributed by atoms with Gasteiger partial charge in [-0.05, 0) is 31.2 Å². The van der Waals surface area contributed by atoms with E-state index in [0.717, 1.165) is 6.07 Å². The first kappa shape index (κ1) is 21.8. The van der Waals surface area contributed by atoms with Crippen LogP contribution in [0.3, 0.4) is 0 Å². The molecule has 2 atom stereocenters. The Morgan fingerprint density at radius 2 is 2.03 bits per heavy atom. The Kier molecular flexibility index (Phi) is 6.10. The minimum Gasteiger partial charge on any atom is -0.487 e. The Labute approximate surface area is 179 Å². The Hall–Kier alpha value is -3.44. The molecule has 170 valence electrons. The molecule has 3 aromatic rings. The number of halogens is 5. The van der Waals surface area contributed by atoms with Crippen molar-refractivity contribution in [3.05, 3.63) is 53.6 Å². The summed E-state index contributed by atoms with van der Waals surface area (Å²) in [4.78, 5) is 4.51. The number of fused-ring (bicyclic) bond motifs is 1. The SMILES string of the molecule is CC(Nc1ccn2ncc(C3C=NN(C(F)F)C3)c2n1)c1cc(F)ccc1OCC(F)F. The molecule has 0 spiro atoms. The van der Waals surface area contributed by atoms with Crippen molar-refractivity contribution in [1.82, 2.24) is 19.6 Å². The molecule has 1 aliphatic rings. The molecular weight excluding hydrogens is 435 g/mol. The van der Waals surface area contributed by atoms with Crippen molar-refractivity contribution in [2.24, 2.45) is 5.10 Å². The van der Waals surface area contributed by atoms with Crippen LogP contribution in [0.25, 0.3) is 5.65 Å². The lowest BCUT2D eigenvalue weighted by Crippen LogP contribution is -2.22. The summed E-state index contributed by atoms with van der Waals surface area (Å²) < 4.78 is 71.3. The summed E-state index contributed by atoms with van der Waals surface area (Å²) in [7, 11) is 0. The number of hydrogen-bond acceptors (Lipinski definition) is 6. The van der Waals surface area contributed by atoms with Crippen molar-refractivity contribution in [3.63, 3.8) is 0 Å². The van der Waals surface area contributed by atoms with Crippen LogP contribution < -0.4 is 10.1 Å². The highest BCUT2D eigenvalue weighted by Crippen LogP contribution is 2.30. The van der Waals surface area contributed by atoms with E-state index in [1.165, 1.54) is 22.9 Å². The summed E-state index contributed by atoms with van der Waals surface area (Å²) in [6, 6.07) is 4.72. The summed E-state index contributed by atoms with van der Waals surface area (Å²) in [5, 5.41) is 11.7. The van der Waals surface area contributed by atoms with E-state index in [-0.39, 0.29) is 12.3 Å². The molecule has 3 heterocycles. The van der Waals surface area contributed by atoms with Gasteiger partial charge in [-0.15, -0.1) is 0 Å². The Bertz CT molecular complexity index is 1120. The van der Waals surface area contributed by atoms with E-state index >= 15 is 0 Å². The molecule has 4 rings (SSSR count). The van der Waals surface area contributed by atoms with Gasteiger partial charge in [0, 0.05) is 29.5 Å². The maximum Gasteiger partial charge on any atom is 0.329 e. The first-order valence-corrected chi connectivity index (χ1v) is 9.72. The molecule has 7 nitrogen and oxygen atoms in total. The smallest absolute Gasteiger partial charge is 0.329 e. The van der Waals surface area contributed by atoms with Crippen LogP contribution in [0, 0.1) is 5.82 Å². The maximum absolute atomic E-state index is 13.8. The molecule has 12 heteroatoms. The van der Waals surface area contributed by atoms with E-state index in [4.69, 9.17) is 4.74 Å². The van der Waals surface area contributed by atoms with Gasteiger partial charge < -0.3 is 10.1 Å². The molecule has 1 aliphatic heterocycles. The number of aromatic nitrogens is 3. The third-order valence-corrected chi connectivity index (χ3v) is 4.97. The van der Waals surface area contributed by atoms with Crippen LogP contribution in [0.5, 0.6) is 5.75 Å². The van der Waals surface area contributed by atoms with Crippen molar-refractivity contribution in [2.75, 3.05) is 18.5 Å². The Morgan fingerprint density at radius 3 is 2.75 bits per heavy atom. The van der Waals surface area contributed by atoms with Gasteiger partial charge in [0.15, 0.2) is 5.65 Å². The molecule has 2 unspecified atom stereocenters. The first-order chi connectivity index (χ1) is 15.3. The summed E-state index contributed by atoms with van der Waals surface area (Å²) in [6.45, 7) is -1.80. The number of rotatable bonds is 8. The van der Waals surface area contributed by atoms with Gasteiger partial charge in [-0.3, -0.25) is 0 Å². The molecule has 0 bridgehead atoms. The highest BCUT2D eigenvalue weighted by molar-refractivity contribution is 5.74.